The van der Waals surface area contributed by atoms with Crippen LogP contribution in [0.2, 0.25) is 0 Å². The Balaban J connectivity index is 1.02. The smallest absolute Gasteiger partial charge is 0.164 e. The molecule has 266 valence electrons. The Bertz CT molecular complexity index is 3470. The van der Waals surface area contributed by atoms with Crippen molar-refractivity contribution in [1.29, 1.82) is 0 Å². The van der Waals surface area contributed by atoms with E-state index < -0.39 is 0 Å². The molecule has 12 aromatic rings. The van der Waals surface area contributed by atoms with Gasteiger partial charge in [-0.2, -0.15) is 0 Å². The molecule has 12 rings (SSSR count). The summed E-state index contributed by atoms with van der Waals surface area (Å²) in [6, 6.07) is 62.8. The summed E-state index contributed by atoms with van der Waals surface area (Å²) in [5.74, 6) is 1.83. The van der Waals surface area contributed by atoms with Gasteiger partial charge in [-0.15, -0.1) is 0 Å². The van der Waals surface area contributed by atoms with Gasteiger partial charge in [-0.3, -0.25) is 0 Å². The summed E-state index contributed by atoms with van der Waals surface area (Å²) in [5.41, 5.74) is 11.6. The van der Waals surface area contributed by atoms with Crippen LogP contribution in [0.15, 0.2) is 191 Å². The average molecular weight is 731 g/mol. The molecule has 8 aromatic carbocycles. The number of hydrogen-bond acceptors (Lipinski definition) is 5. The third-order valence-corrected chi connectivity index (χ3v) is 11.1. The van der Waals surface area contributed by atoms with Crippen molar-refractivity contribution in [2.24, 2.45) is 0 Å². The van der Waals surface area contributed by atoms with Crippen LogP contribution < -0.4 is 0 Å². The third kappa shape index (κ3) is 5.01. The normalized spacial score (nSPS) is 11.9. The maximum absolute atomic E-state index is 6.48. The van der Waals surface area contributed by atoms with Crippen LogP contribution in [-0.4, -0.2) is 19.5 Å². The molecule has 0 bridgehead atoms. The first kappa shape index (κ1) is 31.5. The Kier molecular flexibility index (Phi) is 6.83. The van der Waals surface area contributed by atoms with Gasteiger partial charge in [0.05, 0.1) is 11.0 Å². The quantitative estimate of drug-likeness (QED) is 0.176. The van der Waals surface area contributed by atoms with E-state index in [2.05, 4.69) is 102 Å². The van der Waals surface area contributed by atoms with Crippen LogP contribution in [0.25, 0.3) is 117 Å². The van der Waals surface area contributed by atoms with Crippen LogP contribution in [0.3, 0.4) is 0 Å². The van der Waals surface area contributed by atoms with Crippen LogP contribution >= 0.6 is 0 Å². The molecular formula is C51H30N4O2. The average Bonchev–Trinajstić information content (AvgIpc) is 3.95. The summed E-state index contributed by atoms with van der Waals surface area (Å²) in [5, 5.41) is 6.58. The third-order valence-electron chi connectivity index (χ3n) is 11.1. The van der Waals surface area contributed by atoms with E-state index in [1.165, 1.54) is 10.8 Å². The van der Waals surface area contributed by atoms with E-state index in [4.69, 9.17) is 23.8 Å². The summed E-state index contributed by atoms with van der Waals surface area (Å²) in [7, 11) is 0. The van der Waals surface area contributed by atoms with E-state index in [-0.39, 0.29) is 0 Å². The Morgan fingerprint density at radius 3 is 1.70 bits per heavy atom. The summed E-state index contributed by atoms with van der Waals surface area (Å²) < 4.78 is 15.1. The number of benzene rings is 8. The Morgan fingerprint density at radius 2 is 0.912 bits per heavy atom. The molecule has 0 aliphatic heterocycles. The van der Waals surface area contributed by atoms with Gasteiger partial charge >= 0.3 is 0 Å². The van der Waals surface area contributed by atoms with Gasteiger partial charge < -0.3 is 13.4 Å². The van der Waals surface area contributed by atoms with Crippen LogP contribution in [0.4, 0.5) is 0 Å². The van der Waals surface area contributed by atoms with Crippen LogP contribution in [0, 0.1) is 0 Å². The van der Waals surface area contributed by atoms with Crippen molar-refractivity contribution < 1.29 is 8.83 Å². The van der Waals surface area contributed by atoms with Gasteiger partial charge in [0.25, 0.3) is 0 Å². The number of hydrogen-bond donors (Lipinski definition) is 0. The first-order chi connectivity index (χ1) is 28.2. The fraction of sp³-hybridized carbons (Fsp3) is 0. The topological polar surface area (TPSA) is 69.9 Å². The summed E-state index contributed by atoms with van der Waals surface area (Å²) in [6.45, 7) is 0. The predicted octanol–water partition coefficient (Wildman–Crippen LogP) is 13.4. The Morgan fingerprint density at radius 1 is 0.333 bits per heavy atom. The minimum absolute atomic E-state index is 0.594. The highest BCUT2D eigenvalue weighted by Gasteiger charge is 2.20. The molecule has 0 unspecified atom stereocenters. The molecule has 57 heavy (non-hydrogen) atoms. The molecule has 0 aliphatic rings. The molecule has 0 fully saturated rings. The molecule has 4 heterocycles. The molecule has 6 nitrogen and oxygen atoms in total. The lowest BCUT2D eigenvalue weighted by molar-refractivity contribution is 0.668. The van der Waals surface area contributed by atoms with Gasteiger partial charge in [0.1, 0.15) is 22.3 Å². The fourth-order valence-corrected chi connectivity index (χ4v) is 8.41. The highest BCUT2D eigenvalue weighted by molar-refractivity contribution is 6.14. The van der Waals surface area contributed by atoms with Crippen LogP contribution in [0.1, 0.15) is 0 Å². The molecule has 0 amide bonds. The Labute approximate surface area is 325 Å². The molecule has 4 aromatic heterocycles. The van der Waals surface area contributed by atoms with E-state index >= 15 is 0 Å². The zero-order valence-corrected chi connectivity index (χ0v) is 30.4. The van der Waals surface area contributed by atoms with E-state index in [1.807, 2.05) is 84.9 Å². The van der Waals surface area contributed by atoms with Crippen molar-refractivity contribution in [3.05, 3.63) is 182 Å². The van der Waals surface area contributed by atoms with Gasteiger partial charge in [0, 0.05) is 60.8 Å². The van der Waals surface area contributed by atoms with Crippen LogP contribution in [0.5, 0.6) is 0 Å². The van der Waals surface area contributed by atoms with E-state index in [9.17, 15) is 0 Å². The molecule has 0 saturated heterocycles. The number of nitrogens with zero attached hydrogens (tertiary/aromatic N) is 4. The minimum atomic E-state index is 0.594. The van der Waals surface area contributed by atoms with Gasteiger partial charge in [-0.1, -0.05) is 121 Å². The van der Waals surface area contributed by atoms with Gasteiger partial charge in [0.2, 0.25) is 0 Å². The minimum Gasteiger partial charge on any atom is -0.456 e. The lowest BCUT2D eigenvalue weighted by atomic mass is 9.99. The molecule has 0 spiro atoms. The molecule has 6 heteroatoms. The first-order valence-corrected chi connectivity index (χ1v) is 19.0. The predicted molar refractivity (Wildman–Crippen MR) is 230 cm³/mol. The second-order valence-corrected chi connectivity index (χ2v) is 14.4. The highest BCUT2D eigenvalue weighted by atomic mass is 16.3. The van der Waals surface area contributed by atoms with E-state index in [0.717, 1.165) is 88.4 Å². The summed E-state index contributed by atoms with van der Waals surface area (Å²) in [6.07, 6.45) is 0. The lowest BCUT2D eigenvalue weighted by Gasteiger charge is -2.09. The number of aromatic nitrogens is 4. The standard InChI is InChI=1S/C51H30N4O2/c1-3-12-31(13-4-1)49-52-50(32-14-5-2-6-15-32)54-51(53-49)39-18-11-21-46-48(39)41-29-34(23-27-45(41)56-46)33-22-26-43-40(28-33)36-16-7-9-19-42(36)55(43)35-24-25-38-37-17-8-10-20-44(37)57-47(38)30-35/h1-30H. The van der Waals surface area contributed by atoms with E-state index in [1.54, 1.807) is 0 Å². The maximum atomic E-state index is 6.48. The zero-order chi connectivity index (χ0) is 37.5. The maximum Gasteiger partial charge on any atom is 0.164 e. The SMILES string of the molecule is c1ccc(-c2nc(-c3ccccc3)nc(-c3cccc4oc5ccc(-c6ccc7c(c6)c6ccccc6n7-c6ccc7c(c6)oc6ccccc67)cc5c34)n2)cc1. The number of fused-ring (bicyclic) bond motifs is 9. The van der Waals surface area contributed by atoms with Crippen molar-refractivity contribution in [1.82, 2.24) is 19.5 Å². The van der Waals surface area contributed by atoms with Crippen molar-refractivity contribution >= 4 is 65.7 Å². The van der Waals surface area contributed by atoms with Crippen molar-refractivity contribution in [3.8, 4) is 51.0 Å². The molecule has 0 saturated carbocycles. The summed E-state index contributed by atoms with van der Waals surface area (Å²) in [4.78, 5) is 15.0. The lowest BCUT2D eigenvalue weighted by Crippen LogP contribution is -2.00. The molecule has 0 N–H and O–H groups in total. The highest BCUT2D eigenvalue weighted by Crippen LogP contribution is 2.41. The van der Waals surface area contributed by atoms with Crippen LogP contribution in [-0.2, 0) is 0 Å². The first-order valence-electron chi connectivity index (χ1n) is 19.0. The molecule has 0 radical (unpaired) electrons. The number of rotatable bonds is 5. The Hall–Kier alpha value is -7.83. The van der Waals surface area contributed by atoms with Crippen molar-refractivity contribution in [3.63, 3.8) is 0 Å². The molecular weight excluding hydrogens is 701 g/mol. The van der Waals surface area contributed by atoms with Gasteiger partial charge in [0.15, 0.2) is 17.5 Å². The second kappa shape index (κ2) is 12.3. The van der Waals surface area contributed by atoms with Crippen molar-refractivity contribution in [2.75, 3.05) is 0 Å². The molecule has 0 atom stereocenters. The second-order valence-electron chi connectivity index (χ2n) is 14.4. The van der Waals surface area contributed by atoms with Crippen molar-refractivity contribution in [2.45, 2.75) is 0 Å². The fourth-order valence-electron chi connectivity index (χ4n) is 8.41. The summed E-state index contributed by atoms with van der Waals surface area (Å²) >= 11 is 0. The van der Waals surface area contributed by atoms with Gasteiger partial charge in [-0.05, 0) is 65.7 Å². The molecule has 0 aliphatic carbocycles. The largest absolute Gasteiger partial charge is 0.456 e. The van der Waals surface area contributed by atoms with Gasteiger partial charge in [-0.25, -0.2) is 15.0 Å². The monoisotopic (exact) mass is 730 g/mol. The number of furan rings is 2. The zero-order valence-electron chi connectivity index (χ0n) is 30.4. The van der Waals surface area contributed by atoms with E-state index in [0.29, 0.717) is 17.5 Å². The number of para-hydroxylation sites is 2.